The smallest absolute Gasteiger partial charge is 0.119 e. The van der Waals surface area contributed by atoms with Crippen molar-refractivity contribution < 1.29 is 9.84 Å². The molecule has 1 N–H and O–H groups in total. The van der Waals surface area contributed by atoms with Gasteiger partial charge in [0, 0.05) is 0 Å². The predicted octanol–water partition coefficient (Wildman–Crippen LogP) is 4.14. The number of aliphatic hydroxyl groups is 1. The van der Waals surface area contributed by atoms with Gasteiger partial charge in [0.15, 0.2) is 0 Å². The molecule has 2 nitrogen and oxygen atoms in total. The molecule has 0 spiro atoms. The fourth-order valence-corrected chi connectivity index (χ4v) is 2.12. The molecule has 0 saturated carbocycles. The van der Waals surface area contributed by atoms with E-state index in [1.54, 1.807) is 0 Å². The summed E-state index contributed by atoms with van der Waals surface area (Å²) < 4.78 is 5.69. The molecule has 0 amide bonds. The van der Waals surface area contributed by atoms with Gasteiger partial charge in [0.2, 0.25) is 0 Å². The molecule has 0 bridgehead atoms. The lowest BCUT2D eigenvalue weighted by Gasteiger charge is -2.13. The van der Waals surface area contributed by atoms with Crippen LogP contribution in [0, 0.1) is 0 Å². The maximum Gasteiger partial charge on any atom is 0.119 e. The minimum atomic E-state index is -0.588. The number of benzene rings is 2. The van der Waals surface area contributed by atoms with Crippen LogP contribution in [-0.4, -0.2) is 11.7 Å². The maximum absolute atomic E-state index is 10.1. The molecule has 2 aromatic carbocycles. The van der Waals surface area contributed by atoms with Gasteiger partial charge in [-0.2, -0.15) is 0 Å². The van der Waals surface area contributed by atoms with Crippen molar-refractivity contribution in [3.8, 4) is 5.75 Å². The molecule has 0 heterocycles. The fourth-order valence-electron chi connectivity index (χ4n) is 2.12. The van der Waals surface area contributed by atoms with Gasteiger partial charge in [-0.15, -0.1) is 0 Å². The molecular weight excluding hydrogens is 248 g/mol. The molecule has 1 atom stereocenters. The first-order chi connectivity index (χ1) is 9.79. The maximum atomic E-state index is 10.1. The average molecular weight is 270 g/mol. The third-order valence-corrected chi connectivity index (χ3v) is 3.31. The number of unbranched alkanes of at least 4 members (excludes halogenated alkanes) is 1. The molecule has 2 heteroatoms. The van der Waals surface area contributed by atoms with E-state index in [2.05, 4.69) is 19.1 Å². The largest absolute Gasteiger partial charge is 0.491 e. The first-order valence-electron chi connectivity index (χ1n) is 7.24. The van der Waals surface area contributed by atoms with E-state index >= 15 is 0 Å². The highest BCUT2D eigenvalue weighted by Crippen LogP contribution is 2.18. The summed E-state index contributed by atoms with van der Waals surface area (Å²) in [5.74, 6) is 0.827. The molecule has 0 aliphatic carbocycles. The first-order valence-corrected chi connectivity index (χ1v) is 7.24. The Kier molecular flexibility index (Phi) is 5.63. The van der Waals surface area contributed by atoms with Gasteiger partial charge >= 0.3 is 0 Å². The summed E-state index contributed by atoms with van der Waals surface area (Å²) in [6.45, 7) is 2.47. The molecule has 0 fully saturated rings. The second-order valence-electron chi connectivity index (χ2n) is 4.99. The summed E-state index contributed by atoms with van der Waals surface area (Å²) in [6.07, 6.45) is 2.87. The number of hydrogen-bond donors (Lipinski definition) is 1. The van der Waals surface area contributed by atoms with Crippen molar-refractivity contribution in [1.82, 2.24) is 0 Å². The van der Waals surface area contributed by atoms with Gasteiger partial charge in [0.25, 0.3) is 0 Å². The van der Waals surface area contributed by atoms with E-state index in [0.29, 0.717) is 0 Å². The number of aliphatic hydroxyl groups excluding tert-OH is 1. The molecule has 0 aliphatic heterocycles. The van der Waals surface area contributed by atoms with E-state index in [4.69, 9.17) is 4.74 Å². The molecule has 2 aromatic rings. The number of rotatable bonds is 7. The Morgan fingerprint density at radius 3 is 2.60 bits per heavy atom. The van der Waals surface area contributed by atoms with Crippen LogP contribution in [0.15, 0.2) is 54.6 Å². The van der Waals surface area contributed by atoms with Crippen LogP contribution in [0.1, 0.15) is 37.0 Å². The zero-order valence-corrected chi connectivity index (χ0v) is 12.0. The molecule has 0 radical (unpaired) electrons. The van der Waals surface area contributed by atoms with E-state index in [-0.39, 0.29) is 6.61 Å². The second kappa shape index (κ2) is 7.71. The molecule has 0 saturated heterocycles. The van der Waals surface area contributed by atoms with Crippen molar-refractivity contribution in [2.75, 3.05) is 6.61 Å². The molecular formula is C18H22O2. The summed E-state index contributed by atoms with van der Waals surface area (Å²) >= 11 is 0. The van der Waals surface area contributed by atoms with E-state index in [1.807, 2.05) is 42.5 Å². The van der Waals surface area contributed by atoms with Crippen LogP contribution in [0.5, 0.6) is 5.75 Å². The van der Waals surface area contributed by atoms with Crippen molar-refractivity contribution in [3.05, 3.63) is 65.7 Å². The van der Waals surface area contributed by atoms with Crippen LogP contribution >= 0.6 is 0 Å². The van der Waals surface area contributed by atoms with Crippen LogP contribution in [0.4, 0.5) is 0 Å². The molecule has 0 aliphatic rings. The summed E-state index contributed by atoms with van der Waals surface area (Å²) in [4.78, 5) is 0. The highest BCUT2D eigenvalue weighted by Gasteiger charge is 2.07. The molecule has 0 aromatic heterocycles. The van der Waals surface area contributed by atoms with E-state index in [0.717, 1.165) is 17.7 Å². The minimum Gasteiger partial charge on any atom is -0.491 e. The molecule has 20 heavy (non-hydrogen) atoms. The third-order valence-electron chi connectivity index (χ3n) is 3.31. The highest BCUT2D eigenvalue weighted by molar-refractivity contribution is 5.29. The van der Waals surface area contributed by atoms with Gasteiger partial charge in [-0.3, -0.25) is 0 Å². The number of aryl methyl sites for hydroxylation is 1. The van der Waals surface area contributed by atoms with Crippen molar-refractivity contribution in [2.45, 2.75) is 32.3 Å². The number of ether oxygens (including phenoxy) is 1. The minimum absolute atomic E-state index is 0.279. The standard InChI is InChI=1S/C18H22O2/c1-2-3-8-15-9-7-12-17(13-15)20-14-18(19)16-10-5-4-6-11-16/h4-7,9-13,18-19H,2-3,8,14H2,1H3. The summed E-state index contributed by atoms with van der Waals surface area (Å²) in [5, 5.41) is 10.1. The monoisotopic (exact) mass is 270 g/mol. The predicted molar refractivity (Wildman–Crippen MR) is 82.0 cm³/mol. The topological polar surface area (TPSA) is 29.5 Å². The van der Waals surface area contributed by atoms with Crippen LogP contribution in [0.3, 0.4) is 0 Å². The lowest BCUT2D eigenvalue weighted by molar-refractivity contribution is 0.108. The van der Waals surface area contributed by atoms with Gasteiger partial charge in [-0.1, -0.05) is 55.8 Å². The molecule has 106 valence electrons. The lowest BCUT2D eigenvalue weighted by Crippen LogP contribution is -2.09. The highest BCUT2D eigenvalue weighted by atomic mass is 16.5. The van der Waals surface area contributed by atoms with Crippen molar-refractivity contribution in [3.63, 3.8) is 0 Å². The van der Waals surface area contributed by atoms with E-state index in [9.17, 15) is 5.11 Å². The Morgan fingerprint density at radius 2 is 1.85 bits per heavy atom. The number of hydrogen-bond acceptors (Lipinski definition) is 2. The zero-order chi connectivity index (χ0) is 14.2. The Bertz CT molecular complexity index is 508. The summed E-state index contributed by atoms with van der Waals surface area (Å²) in [5.41, 5.74) is 2.17. The van der Waals surface area contributed by atoms with Crippen molar-refractivity contribution in [1.29, 1.82) is 0 Å². The quantitative estimate of drug-likeness (QED) is 0.819. The van der Waals surface area contributed by atoms with Gasteiger partial charge in [0.1, 0.15) is 18.5 Å². The third kappa shape index (κ3) is 4.39. The lowest BCUT2D eigenvalue weighted by atomic mass is 10.1. The normalized spacial score (nSPS) is 12.1. The SMILES string of the molecule is CCCCc1cccc(OCC(O)c2ccccc2)c1. The van der Waals surface area contributed by atoms with Crippen LogP contribution in [0.25, 0.3) is 0 Å². The van der Waals surface area contributed by atoms with E-state index < -0.39 is 6.10 Å². The zero-order valence-electron chi connectivity index (χ0n) is 12.0. The van der Waals surface area contributed by atoms with Gasteiger partial charge in [-0.25, -0.2) is 0 Å². The van der Waals surface area contributed by atoms with Gasteiger partial charge < -0.3 is 9.84 Å². The average Bonchev–Trinajstić information content (AvgIpc) is 2.52. The summed E-state index contributed by atoms with van der Waals surface area (Å²) in [6, 6.07) is 17.7. The van der Waals surface area contributed by atoms with Gasteiger partial charge in [0.05, 0.1) is 0 Å². The van der Waals surface area contributed by atoms with Crippen LogP contribution in [-0.2, 0) is 6.42 Å². The second-order valence-corrected chi connectivity index (χ2v) is 4.99. The van der Waals surface area contributed by atoms with Crippen molar-refractivity contribution >= 4 is 0 Å². The van der Waals surface area contributed by atoms with Crippen molar-refractivity contribution in [2.24, 2.45) is 0 Å². The van der Waals surface area contributed by atoms with Gasteiger partial charge in [-0.05, 0) is 36.1 Å². The van der Waals surface area contributed by atoms with E-state index in [1.165, 1.54) is 18.4 Å². The summed E-state index contributed by atoms with van der Waals surface area (Å²) in [7, 11) is 0. The fraction of sp³-hybridized carbons (Fsp3) is 0.333. The Labute approximate surface area is 121 Å². The van der Waals surface area contributed by atoms with Crippen LogP contribution in [0.2, 0.25) is 0 Å². The Morgan fingerprint density at radius 1 is 1.05 bits per heavy atom. The Balaban J connectivity index is 1.90. The van der Waals surface area contributed by atoms with Crippen LogP contribution < -0.4 is 4.74 Å². The first kappa shape index (κ1) is 14.6. The molecule has 1 unspecified atom stereocenters. The molecule has 2 rings (SSSR count). The Hall–Kier alpha value is -1.80.